The highest BCUT2D eigenvalue weighted by atomic mass is 16.5. The highest BCUT2D eigenvalue weighted by Crippen LogP contribution is 2.31. The number of nitrogens with zero attached hydrogens (tertiary/aromatic N) is 3. The number of aryl methyl sites for hydroxylation is 1. The first-order valence-corrected chi connectivity index (χ1v) is 9.66. The van der Waals surface area contributed by atoms with Crippen molar-refractivity contribution in [2.45, 2.75) is 13.5 Å². The van der Waals surface area contributed by atoms with Gasteiger partial charge in [0.15, 0.2) is 5.65 Å². The monoisotopic (exact) mass is 383 g/mol. The molecule has 5 nitrogen and oxygen atoms in total. The van der Waals surface area contributed by atoms with Gasteiger partial charge < -0.3 is 14.0 Å². The van der Waals surface area contributed by atoms with Crippen LogP contribution in [-0.2, 0) is 6.54 Å². The number of fused-ring (bicyclic) bond motifs is 4. The van der Waals surface area contributed by atoms with Gasteiger partial charge in [-0.2, -0.15) is 0 Å². The second-order valence-corrected chi connectivity index (χ2v) is 7.03. The van der Waals surface area contributed by atoms with E-state index in [0.29, 0.717) is 13.2 Å². The lowest BCUT2D eigenvalue weighted by molar-refractivity contribution is 0.300. The van der Waals surface area contributed by atoms with E-state index >= 15 is 0 Å². The lowest BCUT2D eigenvalue weighted by atomic mass is 10.2. The summed E-state index contributed by atoms with van der Waals surface area (Å²) in [6, 6.07) is 22.1. The van der Waals surface area contributed by atoms with Gasteiger partial charge in [0.25, 0.3) is 0 Å². The van der Waals surface area contributed by atoms with Gasteiger partial charge in [0.2, 0.25) is 0 Å². The third-order valence-electron chi connectivity index (χ3n) is 5.22. The first-order valence-electron chi connectivity index (χ1n) is 9.66. The number of rotatable bonds is 5. The summed E-state index contributed by atoms with van der Waals surface area (Å²) in [5, 5.41) is 1.04. The van der Waals surface area contributed by atoms with Crippen LogP contribution in [0.5, 0.6) is 11.5 Å². The Morgan fingerprint density at radius 3 is 2.45 bits per heavy atom. The molecule has 0 saturated heterocycles. The molecule has 3 aromatic carbocycles. The summed E-state index contributed by atoms with van der Waals surface area (Å²) in [5.41, 5.74) is 5.72. The number of benzene rings is 3. The Morgan fingerprint density at radius 1 is 0.897 bits per heavy atom. The fraction of sp³-hybridized carbons (Fsp3) is 0.167. The molecule has 5 rings (SSSR count). The molecule has 0 bridgehead atoms. The molecule has 0 atom stereocenters. The molecule has 5 heteroatoms. The molecule has 0 amide bonds. The third kappa shape index (κ3) is 3.05. The molecule has 0 spiro atoms. The maximum Gasteiger partial charge on any atom is 0.160 e. The van der Waals surface area contributed by atoms with E-state index in [-0.39, 0.29) is 0 Å². The Hall–Kier alpha value is -3.60. The van der Waals surface area contributed by atoms with E-state index in [0.717, 1.165) is 50.2 Å². The summed E-state index contributed by atoms with van der Waals surface area (Å²) in [6.07, 6.45) is 0. The Morgan fingerprint density at radius 2 is 1.66 bits per heavy atom. The predicted molar refractivity (Wildman–Crippen MR) is 116 cm³/mol. The highest BCUT2D eigenvalue weighted by Gasteiger charge is 2.15. The SMILES string of the molecule is COc1ccc2c(c1)c1nc3ccccc3nc1n2CCOc1ccccc1C. The minimum Gasteiger partial charge on any atom is -0.497 e. The van der Waals surface area contributed by atoms with Crippen LogP contribution in [0.3, 0.4) is 0 Å². The zero-order chi connectivity index (χ0) is 19.8. The second-order valence-electron chi connectivity index (χ2n) is 7.03. The van der Waals surface area contributed by atoms with Crippen LogP contribution in [0.15, 0.2) is 66.7 Å². The summed E-state index contributed by atoms with van der Waals surface area (Å²) in [7, 11) is 1.68. The van der Waals surface area contributed by atoms with Gasteiger partial charge in [0, 0.05) is 5.39 Å². The van der Waals surface area contributed by atoms with Gasteiger partial charge in [-0.1, -0.05) is 30.3 Å². The first-order chi connectivity index (χ1) is 14.2. The molecule has 5 aromatic rings. The quantitative estimate of drug-likeness (QED) is 0.422. The summed E-state index contributed by atoms with van der Waals surface area (Å²) in [6.45, 7) is 3.28. The smallest absolute Gasteiger partial charge is 0.160 e. The second kappa shape index (κ2) is 7.09. The lowest BCUT2D eigenvalue weighted by Gasteiger charge is -2.11. The zero-order valence-corrected chi connectivity index (χ0v) is 16.4. The molecule has 2 heterocycles. The molecular formula is C24H21N3O2. The third-order valence-corrected chi connectivity index (χ3v) is 5.22. The minimum absolute atomic E-state index is 0.546. The van der Waals surface area contributed by atoms with E-state index in [2.05, 4.69) is 23.6 Å². The Labute approximate surface area is 168 Å². The molecule has 29 heavy (non-hydrogen) atoms. The predicted octanol–water partition coefficient (Wildman–Crippen LogP) is 5.13. The topological polar surface area (TPSA) is 49.2 Å². The van der Waals surface area contributed by atoms with Gasteiger partial charge >= 0.3 is 0 Å². The van der Waals surface area contributed by atoms with Gasteiger partial charge in [0.05, 0.1) is 30.2 Å². The van der Waals surface area contributed by atoms with E-state index in [9.17, 15) is 0 Å². The molecule has 0 saturated carbocycles. The fourth-order valence-electron chi connectivity index (χ4n) is 3.73. The van der Waals surface area contributed by atoms with Crippen molar-refractivity contribution in [3.05, 3.63) is 72.3 Å². The van der Waals surface area contributed by atoms with Crippen molar-refractivity contribution >= 4 is 33.1 Å². The number of methoxy groups -OCH3 is 1. The first kappa shape index (κ1) is 17.5. The molecule has 0 aliphatic carbocycles. The number of para-hydroxylation sites is 3. The van der Waals surface area contributed by atoms with Gasteiger partial charge in [-0.05, 0) is 48.9 Å². The van der Waals surface area contributed by atoms with E-state index in [1.807, 2.05) is 54.6 Å². The maximum absolute atomic E-state index is 6.05. The number of hydrogen-bond donors (Lipinski definition) is 0. The molecular weight excluding hydrogens is 362 g/mol. The minimum atomic E-state index is 0.546. The summed E-state index contributed by atoms with van der Waals surface area (Å²) >= 11 is 0. The van der Waals surface area contributed by atoms with Gasteiger partial charge in [0.1, 0.15) is 23.6 Å². The average molecular weight is 383 g/mol. The lowest BCUT2D eigenvalue weighted by Crippen LogP contribution is -2.09. The summed E-state index contributed by atoms with van der Waals surface area (Å²) < 4.78 is 13.7. The molecule has 0 N–H and O–H groups in total. The Kier molecular flexibility index (Phi) is 4.28. The van der Waals surface area contributed by atoms with Crippen molar-refractivity contribution in [1.82, 2.24) is 14.5 Å². The molecule has 0 radical (unpaired) electrons. The van der Waals surface area contributed by atoms with E-state index in [1.54, 1.807) is 7.11 Å². The highest BCUT2D eigenvalue weighted by molar-refractivity contribution is 6.06. The normalized spacial score (nSPS) is 11.4. The molecule has 0 fully saturated rings. The largest absolute Gasteiger partial charge is 0.497 e. The summed E-state index contributed by atoms with van der Waals surface area (Å²) in [4.78, 5) is 9.82. The van der Waals surface area contributed by atoms with Crippen LogP contribution in [0.25, 0.3) is 33.1 Å². The van der Waals surface area contributed by atoms with Crippen molar-refractivity contribution in [2.24, 2.45) is 0 Å². The van der Waals surface area contributed by atoms with Crippen molar-refractivity contribution in [3.63, 3.8) is 0 Å². The van der Waals surface area contributed by atoms with E-state index < -0.39 is 0 Å². The summed E-state index contributed by atoms with van der Waals surface area (Å²) in [5.74, 6) is 1.72. The zero-order valence-electron chi connectivity index (χ0n) is 16.4. The van der Waals surface area contributed by atoms with Crippen molar-refractivity contribution in [1.29, 1.82) is 0 Å². The van der Waals surface area contributed by atoms with Crippen LogP contribution < -0.4 is 9.47 Å². The Bertz CT molecular complexity index is 1340. The fourth-order valence-corrected chi connectivity index (χ4v) is 3.73. The van der Waals surface area contributed by atoms with Crippen LogP contribution in [0.4, 0.5) is 0 Å². The van der Waals surface area contributed by atoms with Crippen LogP contribution in [0.2, 0.25) is 0 Å². The van der Waals surface area contributed by atoms with Crippen LogP contribution in [0, 0.1) is 6.92 Å². The number of aromatic nitrogens is 3. The van der Waals surface area contributed by atoms with Crippen LogP contribution >= 0.6 is 0 Å². The van der Waals surface area contributed by atoms with E-state index in [1.165, 1.54) is 0 Å². The molecule has 0 unspecified atom stereocenters. The molecule has 144 valence electrons. The van der Waals surface area contributed by atoms with Crippen molar-refractivity contribution < 1.29 is 9.47 Å². The average Bonchev–Trinajstić information content (AvgIpc) is 3.05. The van der Waals surface area contributed by atoms with Gasteiger partial charge in [-0.25, -0.2) is 9.97 Å². The van der Waals surface area contributed by atoms with Crippen molar-refractivity contribution in [3.8, 4) is 11.5 Å². The van der Waals surface area contributed by atoms with Crippen LogP contribution in [0.1, 0.15) is 5.56 Å². The number of hydrogen-bond acceptors (Lipinski definition) is 4. The van der Waals surface area contributed by atoms with E-state index in [4.69, 9.17) is 19.4 Å². The molecule has 0 aliphatic heterocycles. The maximum atomic E-state index is 6.05. The number of ether oxygens (including phenoxy) is 2. The van der Waals surface area contributed by atoms with Crippen LogP contribution in [-0.4, -0.2) is 28.3 Å². The van der Waals surface area contributed by atoms with Crippen molar-refractivity contribution in [2.75, 3.05) is 13.7 Å². The standard InChI is InChI=1S/C24H21N3O2/c1-16-7-3-6-10-22(16)29-14-13-27-21-12-11-17(28-2)15-18(21)23-24(27)26-20-9-5-4-8-19(20)25-23/h3-12,15H,13-14H2,1-2H3. The van der Waals surface area contributed by atoms with Gasteiger partial charge in [-0.15, -0.1) is 0 Å². The molecule has 2 aromatic heterocycles. The molecule has 0 aliphatic rings. The van der Waals surface area contributed by atoms with Gasteiger partial charge in [-0.3, -0.25) is 0 Å². The Balaban J connectivity index is 1.62.